The number of anilines is 2. The molecule has 2 rings (SSSR count). The number of nitrogens with zero attached hydrogens (tertiary/aromatic N) is 3. The SMILES string of the molecule is Cc1nc(C)c2c(n1)NCCC(=O)N2C. The summed E-state index contributed by atoms with van der Waals surface area (Å²) in [7, 11) is 1.76. The maximum Gasteiger partial charge on any atom is 0.228 e. The zero-order valence-corrected chi connectivity index (χ0v) is 9.16. The number of aromatic nitrogens is 2. The van der Waals surface area contributed by atoms with E-state index in [4.69, 9.17) is 0 Å². The van der Waals surface area contributed by atoms with Crippen LogP contribution in [0, 0.1) is 13.8 Å². The number of carbonyl (C=O) groups is 1. The van der Waals surface area contributed by atoms with Crippen molar-refractivity contribution in [3.8, 4) is 0 Å². The number of aryl methyl sites for hydroxylation is 2. The van der Waals surface area contributed by atoms with Gasteiger partial charge in [-0.15, -0.1) is 0 Å². The van der Waals surface area contributed by atoms with E-state index in [0.29, 0.717) is 13.0 Å². The smallest absolute Gasteiger partial charge is 0.228 e. The van der Waals surface area contributed by atoms with E-state index in [2.05, 4.69) is 15.3 Å². The Morgan fingerprint density at radius 3 is 2.80 bits per heavy atom. The van der Waals surface area contributed by atoms with Crippen LogP contribution in [0.3, 0.4) is 0 Å². The molecule has 0 saturated heterocycles. The molecule has 0 saturated carbocycles. The van der Waals surface area contributed by atoms with E-state index in [9.17, 15) is 4.79 Å². The van der Waals surface area contributed by atoms with E-state index in [1.165, 1.54) is 0 Å². The average molecular weight is 206 g/mol. The predicted octanol–water partition coefficient (Wildman–Crippen LogP) is 0.872. The molecule has 1 amide bonds. The summed E-state index contributed by atoms with van der Waals surface area (Å²) >= 11 is 0. The van der Waals surface area contributed by atoms with Crippen molar-refractivity contribution in [2.24, 2.45) is 0 Å². The largest absolute Gasteiger partial charge is 0.368 e. The molecule has 5 nitrogen and oxygen atoms in total. The summed E-state index contributed by atoms with van der Waals surface area (Å²) in [6, 6.07) is 0. The van der Waals surface area contributed by atoms with Crippen molar-refractivity contribution < 1.29 is 4.79 Å². The molecule has 0 radical (unpaired) electrons. The van der Waals surface area contributed by atoms with Gasteiger partial charge in [0.25, 0.3) is 0 Å². The van der Waals surface area contributed by atoms with Gasteiger partial charge in [-0.05, 0) is 13.8 Å². The number of amides is 1. The summed E-state index contributed by atoms with van der Waals surface area (Å²) < 4.78 is 0. The summed E-state index contributed by atoms with van der Waals surface area (Å²) in [5, 5.41) is 3.15. The standard InChI is InChI=1S/C10H14N4O/c1-6-9-10(13-7(2)12-6)11-5-4-8(15)14(9)3/h4-5H2,1-3H3,(H,11,12,13). The van der Waals surface area contributed by atoms with Gasteiger partial charge in [0.05, 0.1) is 5.69 Å². The highest BCUT2D eigenvalue weighted by Crippen LogP contribution is 2.28. The molecule has 0 atom stereocenters. The number of rotatable bonds is 0. The molecule has 1 aromatic heterocycles. The number of hydrogen-bond donors (Lipinski definition) is 1. The minimum Gasteiger partial charge on any atom is -0.368 e. The molecule has 1 aliphatic rings. The van der Waals surface area contributed by atoms with Crippen molar-refractivity contribution in [1.29, 1.82) is 0 Å². The lowest BCUT2D eigenvalue weighted by Crippen LogP contribution is -2.26. The molecule has 0 unspecified atom stereocenters. The lowest BCUT2D eigenvalue weighted by molar-refractivity contribution is -0.118. The molecule has 0 fully saturated rings. The van der Waals surface area contributed by atoms with E-state index in [1.54, 1.807) is 11.9 Å². The fraction of sp³-hybridized carbons (Fsp3) is 0.500. The molecule has 0 bridgehead atoms. The number of carbonyl (C=O) groups excluding carboxylic acids is 1. The van der Waals surface area contributed by atoms with Crippen molar-refractivity contribution in [3.63, 3.8) is 0 Å². The molecule has 1 N–H and O–H groups in total. The van der Waals surface area contributed by atoms with Crippen LogP contribution in [-0.4, -0.2) is 29.5 Å². The van der Waals surface area contributed by atoms with Crippen LogP contribution in [-0.2, 0) is 4.79 Å². The molecular formula is C10H14N4O. The molecule has 2 heterocycles. The number of hydrogen-bond acceptors (Lipinski definition) is 4. The first kappa shape index (κ1) is 9.89. The fourth-order valence-electron chi connectivity index (χ4n) is 1.81. The maximum absolute atomic E-state index is 11.6. The molecule has 1 aromatic rings. The summed E-state index contributed by atoms with van der Waals surface area (Å²) in [4.78, 5) is 21.8. The highest BCUT2D eigenvalue weighted by molar-refractivity contribution is 5.97. The van der Waals surface area contributed by atoms with Gasteiger partial charge in [-0.2, -0.15) is 0 Å². The molecule has 80 valence electrons. The molecule has 0 spiro atoms. The summed E-state index contributed by atoms with van der Waals surface area (Å²) in [6.45, 7) is 4.37. The molecule has 15 heavy (non-hydrogen) atoms. The van der Waals surface area contributed by atoms with Crippen molar-refractivity contribution >= 4 is 17.4 Å². The second-order valence-electron chi connectivity index (χ2n) is 3.68. The average Bonchev–Trinajstić information content (AvgIpc) is 2.27. The lowest BCUT2D eigenvalue weighted by Gasteiger charge is -2.18. The van der Waals surface area contributed by atoms with Crippen molar-refractivity contribution in [2.45, 2.75) is 20.3 Å². The minimum absolute atomic E-state index is 0.0943. The second-order valence-corrected chi connectivity index (χ2v) is 3.68. The molecule has 5 heteroatoms. The Morgan fingerprint density at radius 2 is 2.07 bits per heavy atom. The lowest BCUT2D eigenvalue weighted by atomic mass is 10.3. The highest BCUT2D eigenvalue weighted by Gasteiger charge is 2.22. The highest BCUT2D eigenvalue weighted by atomic mass is 16.2. The molecule has 1 aliphatic heterocycles. The molecular weight excluding hydrogens is 192 g/mol. The van der Waals surface area contributed by atoms with Crippen molar-refractivity contribution in [2.75, 3.05) is 23.8 Å². The monoisotopic (exact) mass is 206 g/mol. The van der Waals surface area contributed by atoms with Gasteiger partial charge >= 0.3 is 0 Å². The quantitative estimate of drug-likeness (QED) is 0.684. The van der Waals surface area contributed by atoms with Gasteiger partial charge in [-0.25, -0.2) is 9.97 Å². The Labute approximate surface area is 88.5 Å². The van der Waals surface area contributed by atoms with Crippen molar-refractivity contribution in [1.82, 2.24) is 9.97 Å². The van der Waals surface area contributed by atoms with Crippen LogP contribution in [0.2, 0.25) is 0 Å². The van der Waals surface area contributed by atoms with Crippen LogP contribution in [0.25, 0.3) is 0 Å². The topological polar surface area (TPSA) is 58.1 Å². The third-order valence-electron chi connectivity index (χ3n) is 2.51. The van der Waals surface area contributed by atoms with Crippen LogP contribution in [0.15, 0.2) is 0 Å². The Hall–Kier alpha value is -1.65. The predicted molar refractivity (Wildman–Crippen MR) is 58.0 cm³/mol. The number of fused-ring (bicyclic) bond motifs is 1. The summed E-state index contributed by atoms with van der Waals surface area (Å²) in [5.74, 6) is 1.58. The maximum atomic E-state index is 11.6. The first-order valence-electron chi connectivity index (χ1n) is 4.95. The Morgan fingerprint density at radius 1 is 1.33 bits per heavy atom. The third kappa shape index (κ3) is 1.65. The minimum atomic E-state index is 0.0943. The second kappa shape index (κ2) is 3.49. The molecule has 0 aromatic carbocycles. The van der Waals surface area contributed by atoms with Crippen LogP contribution in [0.1, 0.15) is 17.9 Å². The zero-order valence-electron chi connectivity index (χ0n) is 9.16. The Balaban J connectivity index is 2.58. The zero-order chi connectivity index (χ0) is 11.0. The summed E-state index contributed by atoms with van der Waals surface area (Å²) in [6.07, 6.45) is 0.491. The number of nitrogens with one attached hydrogen (secondary N) is 1. The van der Waals surface area contributed by atoms with Crippen molar-refractivity contribution in [3.05, 3.63) is 11.5 Å². The van der Waals surface area contributed by atoms with Gasteiger partial charge in [0.1, 0.15) is 11.5 Å². The van der Waals surface area contributed by atoms with E-state index in [-0.39, 0.29) is 5.91 Å². The van der Waals surface area contributed by atoms with Crippen LogP contribution >= 0.6 is 0 Å². The van der Waals surface area contributed by atoms with Crippen LogP contribution in [0.4, 0.5) is 11.5 Å². The van der Waals surface area contributed by atoms with E-state index < -0.39 is 0 Å². The first-order chi connectivity index (χ1) is 7.09. The van der Waals surface area contributed by atoms with Crippen LogP contribution in [0.5, 0.6) is 0 Å². The van der Waals surface area contributed by atoms with Gasteiger partial charge in [0, 0.05) is 20.0 Å². The van der Waals surface area contributed by atoms with Gasteiger partial charge in [0.15, 0.2) is 5.82 Å². The van der Waals surface area contributed by atoms with Gasteiger partial charge < -0.3 is 10.2 Å². The third-order valence-corrected chi connectivity index (χ3v) is 2.51. The van der Waals surface area contributed by atoms with Gasteiger partial charge in [0.2, 0.25) is 5.91 Å². The fourth-order valence-corrected chi connectivity index (χ4v) is 1.81. The normalized spacial score (nSPS) is 15.7. The van der Waals surface area contributed by atoms with E-state index in [0.717, 1.165) is 23.0 Å². The Bertz CT molecular complexity index is 416. The summed E-state index contributed by atoms with van der Waals surface area (Å²) in [5.41, 5.74) is 1.63. The molecule has 0 aliphatic carbocycles. The Kier molecular flexibility index (Phi) is 2.30. The first-order valence-corrected chi connectivity index (χ1v) is 4.95. The van der Waals surface area contributed by atoms with Gasteiger partial charge in [-0.3, -0.25) is 4.79 Å². The van der Waals surface area contributed by atoms with Crippen LogP contribution < -0.4 is 10.2 Å². The van der Waals surface area contributed by atoms with E-state index >= 15 is 0 Å². The van der Waals surface area contributed by atoms with Gasteiger partial charge in [-0.1, -0.05) is 0 Å². The van der Waals surface area contributed by atoms with E-state index in [1.807, 2.05) is 13.8 Å².